The number of halogens is 5. The molecule has 57 heavy (non-hydrogen) atoms. The second-order valence-corrected chi connectivity index (χ2v) is 15.6. The highest BCUT2D eigenvalue weighted by molar-refractivity contribution is 6.35. The molecule has 1 saturated carbocycles. The average Bonchev–Trinajstić information content (AvgIpc) is 4.02. The number of hydrogen-bond acceptors (Lipinski definition) is 9. The van der Waals surface area contributed by atoms with Crippen molar-refractivity contribution in [1.82, 2.24) is 10.2 Å². The molecule has 3 aliphatic heterocycles. The number of fused-ring (bicyclic) bond motifs is 3. The lowest BCUT2D eigenvalue weighted by Crippen LogP contribution is -2.52. The Hall–Kier alpha value is -4.56. The Morgan fingerprint density at radius 1 is 0.930 bits per heavy atom. The Kier molecular flexibility index (Phi) is 13.1. The summed E-state index contributed by atoms with van der Waals surface area (Å²) in [4.78, 5) is 29.3. The fraction of sp³-hybridized carbons (Fsp3) is 0.405. The van der Waals surface area contributed by atoms with Crippen molar-refractivity contribution in [3.8, 4) is 11.5 Å². The molecule has 10 nitrogen and oxygen atoms in total. The van der Waals surface area contributed by atoms with Gasteiger partial charge in [0.2, 0.25) is 0 Å². The summed E-state index contributed by atoms with van der Waals surface area (Å²) >= 11 is 12.8. The molecule has 0 radical (unpaired) electrons. The first-order valence-electron chi connectivity index (χ1n) is 18.9. The van der Waals surface area contributed by atoms with Crippen LogP contribution in [-0.2, 0) is 38.4 Å². The number of nitrogens with zero attached hydrogens (tertiary/aromatic N) is 2. The third-order valence-corrected chi connectivity index (χ3v) is 11.3. The van der Waals surface area contributed by atoms with E-state index in [0.717, 1.165) is 56.7 Å². The van der Waals surface area contributed by atoms with Crippen molar-refractivity contribution in [1.29, 1.82) is 0 Å². The molecule has 0 spiro atoms. The Morgan fingerprint density at radius 3 is 2.28 bits per heavy atom. The first kappa shape index (κ1) is 40.6. The van der Waals surface area contributed by atoms with Gasteiger partial charge < -0.3 is 24.2 Å². The van der Waals surface area contributed by atoms with E-state index in [1.807, 2.05) is 0 Å². The predicted molar refractivity (Wildman–Crippen MR) is 204 cm³/mol. The maximum Gasteiger partial charge on any atom is 0.387 e. The van der Waals surface area contributed by atoms with E-state index in [2.05, 4.69) is 10.2 Å². The molecule has 1 aliphatic carbocycles. The molecule has 3 aromatic carbocycles. The SMILES string of the molecule is O=C(Cc1ccc(CNC(C(=O)O[C@H]2CN3CCC2CC3)c2ccccc2F)cc1)OC(Cc1c(Cl)c[n+]([O-])cc1Cl)c1ccc(OC(F)F)c(OCC2CC2)c1. The zero-order valence-electron chi connectivity index (χ0n) is 30.9. The van der Waals surface area contributed by atoms with E-state index in [1.165, 1.54) is 24.3 Å². The molecule has 4 fully saturated rings. The number of esters is 2. The molecule has 3 saturated heterocycles. The summed E-state index contributed by atoms with van der Waals surface area (Å²) in [5.41, 5.74) is 2.33. The lowest BCUT2D eigenvalue weighted by atomic mass is 9.86. The van der Waals surface area contributed by atoms with Crippen LogP contribution in [0.1, 0.15) is 65.6 Å². The lowest BCUT2D eigenvalue weighted by molar-refractivity contribution is -0.605. The lowest BCUT2D eigenvalue weighted by Gasteiger charge is -2.44. The smallest absolute Gasteiger partial charge is 0.387 e. The van der Waals surface area contributed by atoms with Gasteiger partial charge in [0.15, 0.2) is 23.9 Å². The molecule has 4 aromatic rings. The molecule has 8 rings (SSSR count). The minimum absolute atomic E-state index is 0.0444. The van der Waals surface area contributed by atoms with Crippen molar-refractivity contribution in [3.63, 3.8) is 0 Å². The molecule has 0 amide bonds. The van der Waals surface area contributed by atoms with Crippen LogP contribution in [0.3, 0.4) is 0 Å². The summed E-state index contributed by atoms with van der Waals surface area (Å²) in [6.45, 7) is 0.105. The summed E-state index contributed by atoms with van der Waals surface area (Å²) in [6.07, 6.45) is 4.70. The number of benzene rings is 3. The van der Waals surface area contributed by atoms with Gasteiger partial charge in [0.25, 0.3) is 0 Å². The fourth-order valence-corrected chi connectivity index (χ4v) is 7.91. The van der Waals surface area contributed by atoms with E-state index >= 15 is 0 Å². The van der Waals surface area contributed by atoms with Crippen LogP contribution in [0, 0.1) is 22.9 Å². The maximum atomic E-state index is 15.0. The maximum absolute atomic E-state index is 15.0. The molecule has 2 unspecified atom stereocenters. The van der Waals surface area contributed by atoms with Crippen molar-refractivity contribution in [3.05, 3.63) is 128 Å². The molecule has 302 valence electrons. The van der Waals surface area contributed by atoms with Gasteiger partial charge in [-0.3, -0.25) is 15.0 Å². The average molecular weight is 829 g/mol. The molecule has 1 N–H and O–H groups in total. The Balaban J connectivity index is 1.04. The van der Waals surface area contributed by atoms with Crippen LogP contribution in [0.4, 0.5) is 13.2 Å². The van der Waals surface area contributed by atoms with Gasteiger partial charge >= 0.3 is 18.6 Å². The normalized spacial score (nSPS) is 19.9. The summed E-state index contributed by atoms with van der Waals surface area (Å²) in [7, 11) is 0. The van der Waals surface area contributed by atoms with Gasteiger partial charge in [0, 0.05) is 30.6 Å². The first-order chi connectivity index (χ1) is 27.5. The second kappa shape index (κ2) is 18.4. The largest absolute Gasteiger partial charge is 0.619 e. The minimum Gasteiger partial charge on any atom is -0.619 e. The van der Waals surface area contributed by atoms with Crippen LogP contribution >= 0.6 is 23.2 Å². The van der Waals surface area contributed by atoms with Gasteiger partial charge in [-0.15, -0.1) is 0 Å². The van der Waals surface area contributed by atoms with E-state index in [-0.39, 0.29) is 52.6 Å². The standard InChI is InChI=1S/C42H42Cl2F3N3O7/c43-32-21-50(53)22-33(44)31(32)19-36(29-11-12-35(57-42(46)47)37(18-29)54-24-27-9-10-27)55-39(51)17-25-5-7-26(8-6-25)20-48-40(30-3-1-2-4-34(30)45)41(52)56-38-23-49-15-13-28(38)14-16-49/h1-8,11-12,18,21-22,27-28,36,38,40,42,48H,9-10,13-17,19-20,23-24H2/t36?,38-,40?/m0/s1. The number of nitrogens with one attached hydrogen (secondary N) is 1. The number of piperidine rings is 3. The number of hydrogen-bond donors (Lipinski definition) is 1. The third-order valence-electron chi connectivity index (χ3n) is 10.6. The van der Waals surface area contributed by atoms with Crippen molar-refractivity contribution in [2.45, 2.75) is 69.9 Å². The molecule has 4 heterocycles. The van der Waals surface area contributed by atoms with Crippen molar-refractivity contribution in [2.75, 3.05) is 26.2 Å². The number of carbonyl (C=O) groups is 2. The number of alkyl halides is 2. The van der Waals surface area contributed by atoms with Crippen molar-refractivity contribution in [2.24, 2.45) is 11.8 Å². The topological polar surface area (TPSA) is 113 Å². The van der Waals surface area contributed by atoms with Gasteiger partial charge in [0.05, 0.1) is 13.0 Å². The zero-order valence-corrected chi connectivity index (χ0v) is 32.4. The van der Waals surface area contributed by atoms with E-state index in [1.54, 1.807) is 42.5 Å². The molecule has 1 aromatic heterocycles. The molecule has 4 aliphatic rings. The highest BCUT2D eigenvalue weighted by Gasteiger charge is 2.38. The van der Waals surface area contributed by atoms with Gasteiger partial charge in [-0.05, 0) is 85.5 Å². The van der Waals surface area contributed by atoms with Crippen molar-refractivity contribution >= 4 is 35.1 Å². The van der Waals surface area contributed by atoms with Crippen LogP contribution in [0.5, 0.6) is 11.5 Å². The molecular formula is C42H42Cl2F3N3O7. The molecule has 2 bridgehead atoms. The molecular weight excluding hydrogens is 786 g/mol. The Labute approximate surface area is 338 Å². The van der Waals surface area contributed by atoms with E-state index in [0.29, 0.717) is 46.4 Å². The number of rotatable bonds is 17. The molecule has 3 atom stereocenters. The van der Waals surface area contributed by atoms with Crippen molar-refractivity contribution < 1.29 is 46.4 Å². The van der Waals surface area contributed by atoms with Gasteiger partial charge in [-0.25, -0.2) is 9.18 Å². The summed E-state index contributed by atoms with van der Waals surface area (Å²) < 4.78 is 64.4. The predicted octanol–water partition coefficient (Wildman–Crippen LogP) is 7.69. The minimum atomic E-state index is -3.08. The highest BCUT2D eigenvalue weighted by Crippen LogP contribution is 2.38. The summed E-state index contributed by atoms with van der Waals surface area (Å²) in [5.74, 6) is -1.15. The Bertz CT molecular complexity index is 2020. The monoisotopic (exact) mass is 827 g/mol. The zero-order chi connectivity index (χ0) is 40.1. The van der Waals surface area contributed by atoms with E-state index in [4.69, 9.17) is 42.1 Å². The van der Waals surface area contributed by atoms with Gasteiger partial charge in [-0.1, -0.05) is 71.7 Å². The van der Waals surface area contributed by atoms with Gasteiger partial charge in [-0.2, -0.15) is 13.5 Å². The Morgan fingerprint density at radius 2 is 1.63 bits per heavy atom. The quantitative estimate of drug-likeness (QED) is 0.0651. The number of pyridine rings is 1. The number of ether oxygens (including phenoxy) is 4. The first-order valence-corrected chi connectivity index (χ1v) is 19.7. The van der Waals surface area contributed by atoms with Crippen LogP contribution in [0.2, 0.25) is 10.0 Å². The van der Waals surface area contributed by atoms with Crippen LogP contribution < -0.4 is 19.5 Å². The summed E-state index contributed by atoms with van der Waals surface area (Å²) in [6, 6.07) is 16.5. The molecule has 15 heteroatoms. The summed E-state index contributed by atoms with van der Waals surface area (Å²) in [5, 5.41) is 15.2. The second-order valence-electron chi connectivity index (χ2n) is 14.8. The van der Waals surface area contributed by atoms with E-state index in [9.17, 15) is 28.0 Å². The number of carbonyl (C=O) groups excluding carboxylic acids is 2. The van der Waals surface area contributed by atoms with Crippen LogP contribution in [-0.4, -0.2) is 55.8 Å². The third kappa shape index (κ3) is 10.7. The van der Waals surface area contributed by atoms with E-state index < -0.39 is 36.5 Å². The van der Waals surface area contributed by atoms with Crippen LogP contribution in [0.15, 0.2) is 79.1 Å². The number of aromatic nitrogens is 1. The highest BCUT2D eigenvalue weighted by atomic mass is 35.5. The van der Waals surface area contributed by atoms with Crippen LogP contribution in [0.25, 0.3) is 0 Å². The van der Waals surface area contributed by atoms with Gasteiger partial charge in [0.1, 0.15) is 34.1 Å². The fourth-order valence-electron chi connectivity index (χ4n) is 7.31.